The molecule has 2 aromatic rings. The second-order valence-electron chi connectivity index (χ2n) is 9.42. The summed E-state index contributed by atoms with van der Waals surface area (Å²) in [6, 6.07) is 15.2. The van der Waals surface area contributed by atoms with Gasteiger partial charge in [-0.2, -0.15) is 0 Å². The van der Waals surface area contributed by atoms with Gasteiger partial charge >= 0.3 is 0 Å². The van der Waals surface area contributed by atoms with Gasteiger partial charge < -0.3 is 0 Å². The molecule has 0 saturated carbocycles. The van der Waals surface area contributed by atoms with E-state index in [4.69, 9.17) is 0 Å². The van der Waals surface area contributed by atoms with Crippen molar-refractivity contribution in [1.29, 1.82) is 0 Å². The van der Waals surface area contributed by atoms with Gasteiger partial charge in [-0.15, -0.1) is 0 Å². The number of benzene rings is 1. The van der Waals surface area contributed by atoms with Gasteiger partial charge in [-0.1, -0.05) is 134 Å². The van der Waals surface area contributed by atoms with Crippen molar-refractivity contribution in [3.8, 4) is 0 Å². The van der Waals surface area contributed by atoms with E-state index in [0.717, 1.165) is 6.54 Å². The standard InChI is InChI=1S/C30H48N/c1-2-3-4-5-6-7-8-9-10-11-12-13-14-15-16-18-22-30-25-21-26-31(28-30)27-29-23-19-17-20-24-29/h17,19-21,23-26,28H,2-16,18,22,27H2,1H3/q+1. The van der Waals surface area contributed by atoms with Crippen LogP contribution in [0.25, 0.3) is 0 Å². The first-order chi connectivity index (χ1) is 15.4. The minimum absolute atomic E-state index is 0.966. The minimum atomic E-state index is 0.966. The van der Waals surface area contributed by atoms with Crippen molar-refractivity contribution in [3.05, 3.63) is 66.0 Å². The van der Waals surface area contributed by atoms with Gasteiger partial charge in [0.15, 0.2) is 18.9 Å². The molecule has 0 fully saturated rings. The summed E-state index contributed by atoms with van der Waals surface area (Å²) in [5, 5.41) is 0. The van der Waals surface area contributed by atoms with Crippen LogP contribution in [0, 0.1) is 0 Å². The lowest BCUT2D eigenvalue weighted by Crippen LogP contribution is -2.33. The van der Waals surface area contributed by atoms with Crippen molar-refractivity contribution >= 4 is 0 Å². The maximum atomic E-state index is 2.33. The number of aromatic nitrogens is 1. The first-order valence-electron chi connectivity index (χ1n) is 13.4. The highest BCUT2D eigenvalue weighted by atomic mass is 14.9. The van der Waals surface area contributed by atoms with E-state index in [2.05, 4.69) is 66.3 Å². The molecule has 0 amide bonds. The molecule has 0 spiro atoms. The zero-order valence-corrected chi connectivity index (χ0v) is 20.4. The molecule has 0 radical (unpaired) electrons. The first-order valence-corrected chi connectivity index (χ1v) is 13.4. The van der Waals surface area contributed by atoms with E-state index in [1.165, 1.54) is 120 Å². The predicted octanol–water partition coefficient (Wildman–Crippen LogP) is 8.83. The van der Waals surface area contributed by atoms with Crippen LogP contribution in [-0.2, 0) is 13.0 Å². The highest BCUT2D eigenvalue weighted by Crippen LogP contribution is 2.14. The van der Waals surface area contributed by atoms with Crippen LogP contribution in [0.2, 0.25) is 0 Å². The van der Waals surface area contributed by atoms with Crippen LogP contribution >= 0.6 is 0 Å². The van der Waals surface area contributed by atoms with Crippen molar-refractivity contribution in [1.82, 2.24) is 0 Å². The van der Waals surface area contributed by atoms with Crippen molar-refractivity contribution < 1.29 is 4.57 Å². The number of pyridine rings is 1. The number of hydrogen-bond acceptors (Lipinski definition) is 0. The summed E-state index contributed by atoms with van der Waals surface area (Å²) in [6.45, 7) is 3.26. The third kappa shape index (κ3) is 13.4. The Morgan fingerprint density at radius 3 is 1.55 bits per heavy atom. The average Bonchev–Trinajstić information content (AvgIpc) is 2.80. The number of hydrogen-bond donors (Lipinski definition) is 0. The molecule has 2 rings (SSSR count). The molecule has 0 aliphatic heterocycles. The summed E-state index contributed by atoms with van der Waals surface area (Å²) in [5.41, 5.74) is 2.84. The first kappa shape index (κ1) is 25.6. The molecule has 0 aliphatic carbocycles. The molecule has 31 heavy (non-hydrogen) atoms. The van der Waals surface area contributed by atoms with E-state index in [1.54, 1.807) is 0 Å². The third-order valence-electron chi connectivity index (χ3n) is 6.45. The monoisotopic (exact) mass is 422 g/mol. The van der Waals surface area contributed by atoms with Crippen LogP contribution in [-0.4, -0.2) is 0 Å². The zero-order valence-electron chi connectivity index (χ0n) is 20.4. The third-order valence-corrected chi connectivity index (χ3v) is 6.45. The number of rotatable bonds is 19. The average molecular weight is 423 g/mol. The summed E-state index contributed by atoms with van der Waals surface area (Å²) in [5.74, 6) is 0. The fraction of sp³-hybridized carbons (Fsp3) is 0.633. The van der Waals surface area contributed by atoms with Gasteiger partial charge in [0.2, 0.25) is 0 Å². The molecule has 0 N–H and O–H groups in total. The Kier molecular flexibility index (Phi) is 14.9. The minimum Gasteiger partial charge on any atom is -0.201 e. The molecule has 1 aromatic carbocycles. The molecule has 0 bridgehead atoms. The summed E-state index contributed by atoms with van der Waals surface area (Å²) >= 11 is 0. The molecule has 1 heterocycles. The molecule has 0 saturated heterocycles. The smallest absolute Gasteiger partial charge is 0.173 e. The zero-order chi connectivity index (χ0) is 21.8. The lowest BCUT2D eigenvalue weighted by molar-refractivity contribution is -0.688. The van der Waals surface area contributed by atoms with E-state index in [9.17, 15) is 0 Å². The van der Waals surface area contributed by atoms with Crippen LogP contribution in [0.15, 0.2) is 54.9 Å². The van der Waals surface area contributed by atoms with Gasteiger partial charge in [0.25, 0.3) is 0 Å². The van der Waals surface area contributed by atoms with Gasteiger partial charge in [0, 0.05) is 17.2 Å². The van der Waals surface area contributed by atoms with E-state index in [0.29, 0.717) is 0 Å². The van der Waals surface area contributed by atoms with Crippen LogP contribution < -0.4 is 4.57 Å². The van der Waals surface area contributed by atoms with E-state index < -0.39 is 0 Å². The molecule has 1 aromatic heterocycles. The van der Waals surface area contributed by atoms with E-state index >= 15 is 0 Å². The highest BCUT2D eigenvalue weighted by molar-refractivity contribution is 5.13. The maximum absolute atomic E-state index is 2.33. The Labute approximate surface area is 193 Å². The quantitative estimate of drug-likeness (QED) is 0.157. The van der Waals surface area contributed by atoms with Crippen molar-refractivity contribution in [2.75, 3.05) is 0 Å². The normalized spacial score (nSPS) is 11.1. The van der Waals surface area contributed by atoms with Crippen LogP contribution in [0.5, 0.6) is 0 Å². The molecule has 172 valence electrons. The number of unbranched alkanes of at least 4 members (excludes halogenated alkanes) is 15. The molecule has 0 unspecified atom stereocenters. The predicted molar refractivity (Wildman–Crippen MR) is 135 cm³/mol. The summed E-state index contributed by atoms with van der Waals surface area (Å²) in [7, 11) is 0. The largest absolute Gasteiger partial charge is 0.201 e. The molecule has 1 nitrogen and oxygen atoms in total. The second-order valence-corrected chi connectivity index (χ2v) is 9.42. The lowest BCUT2D eigenvalue weighted by atomic mass is 10.0. The number of aryl methyl sites for hydroxylation is 1. The molecular formula is C30H48N+. The Hall–Kier alpha value is -1.63. The summed E-state index contributed by atoms with van der Waals surface area (Å²) in [6.07, 6.45) is 28.7. The van der Waals surface area contributed by atoms with Crippen molar-refractivity contribution in [2.45, 2.75) is 123 Å². The molecule has 1 heteroatoms. The molecule has 0 aliphatic rings. The van der Waals surface area contributed by atoms with Gasteiger partial charge in [-0.05, 0) is 18.9 Å². The fourth-order valence-electron chi connectivity index (χ4n) is 4.49. The Balaban J connectivity index is 1.39. The summed E-state index contributed by atoms with van der Waals surface area (Å²) < 4.78 is 2.32. The van der Waals surface area contributed by atoms with Crippen LogP contribution in [0.1, 0.15) is 121 Å². The van der Waals surface area contributed by atoms with Gasteiger partial charge in [0.05, 0.1) is 0 Å². The second kappa shape index (κ2) is 18.0. The Morgan fingerprint density at radius 1 is 0.516 bits per heavy atom. The topological polar surface area (TPSA) is 3.88 Å². The highest BCUT2D eigenvalue weighted by Gasteiger charge is 2.04. The van der Waals surface area contributed by atoms with Gasteiger partial charge in [-0.25, -0.2) is 4.57 Å². The van der Waals surface area contributed by atoms with Crippen molar-refractivity contribution in [3.63, 3.8) is 0 Å². The Bertz CT molecular complexity index is 648. The molecule has 0 atom stereocenters. The maximum Gasteiger partial charge on any atom is 0.173 e. The van der Waals surface area contributed by atoms with E-state index in [-0.39, 0.29) is 0 Å². The lowest BCUT2D eigenvalue weighted by Gasteiger charge is -2.04. The van der Waals surface area contributed by atoms with Crippen LogP contribution in [0.3, 0.4) is 0 Å². The van der Waals surface area contributed by atoms with Gasteiger partial charge in [-0.3, -0.25) is 0 Å². The van der Waals surface area contributed by atoms with E-state index in [1.807, 2.05) is 0 Å². The molecular weight excluding hydrogens is 374 g/mol. The van der Waals surface area contributed by atoms with Crippen LogP contribution in [0.4, 0.5) is 0 Å². The number of nitrogens with zero attached hydrogens (tertiary/aromatic N) is 1. The van der Waals surface area contributed by atoms with Crippen molar-refractivity contribution in [2.24, 2.45) is 0 Å². The fourth-order valence-corrected chi connectivity index (χ4v) is 4.49. The Morgan fingerprint density at radius 2 is 1.00 bits per heavy atom. The van der Waals surface area contributed by atoms with Gasteiger partial charge in [0.1, 0.15) is 0 Å². The summed E-state index contributed by atoms with van der Waals surface area (Å²) in [4.78, 5) is 0. The SMILES string of the molecule is CCCCCCCCCCCCCCCCCCc1ccc[n+](Cc2ccccc2)c1.